The van der Waals surface area contributed by atoms with Crippen LogP contribution in [0.25, 0.3) is 0 Å². The molecule has 4 amide bonds. The van der Waals surface area contributed by atoms with Crippen molar-refractivity contribution in [2.75, 3.05) is 28.2 Å². The van der Waals surface area contributed by atoms with E-state index >= 15 is 0 Å². The van der Waals surface area contributed by atoms with Crippen molar-refractivity contribution < 1.29 is 48.7 Å². The third kappa shape index (κ3) is 13.0. The number of hydrogen-bond acceptors (Lipinski definition) is 8. The van der Waals surface area contributed by atoms with Gasteiger partial charge in [-0.05, 0) is 49.4 Å². The Morgan fingerprint density at radius 3 is 0.745 bits per heavy atom. The van der Waals surface area contributed by atoms with Crippen molar-refractivity contribution in [3.05, 3.63) is 0 Å². The zero-order valence-corrected chi connectivity index (χ0v) is 34.2. The summed E-state index contributed by atoms with van der Waals surface area (Å²) in [6.45, 7) is 8.50. The predicted octanol–water partition coefficient (Wildman–Crippen LogP) is -0.457. The fraction of sp³-hybridized carbons (Fsp3) is 0.733. The van der Waals surface area contributed by atoms with Crippen LogP contribution in [0.2, 0.25) is 0 Å². The Morgan fingerprint density at radius 1 is 0.468 bits per heavy atom. The summed E-state index contributed by atoms with van der Waals surface area (Å²) in [7, 11) is 6.83. The number of carbonyl (C=O) groups is 4. The van der Waals surface area contributed by atoms with Gasteiger partial charge in [-0.15, -0.1) is 0 Å². The van der Waals surface area contributed by atoms with Gasteiger partial charge >= 0.3 is 29.6 Å². The van der Waals surface area contributed by atoms with E-state index in [-0.39, 0.29) is 66.0 Å². The maximum absolute atomic E-state index is 11.9. The summed E-state index contributed by atoms with van der Waals surface area (Å²) >= 11 is 21.2. The normalized spacial score (nSPS) is 27.1. The van der Waals surface area contributed by atoms with Gasteiger partial charge in [0.1, 0.15) is 32.8 Å². The fourth-order valence-electron chi connectivity index (χ4n) is 5.08. The summed E-state index contributed by atoms with van der Waals surface area (Å²) in [5.41, 5.74) is 10.6. The van der Waals surface area contributed by atoms with Crippen LogP contribution in [0.3, 0.4) is 0 Å². The van der Waals surface area contributed by atoms with E-state index in [0.29, 0.717) is 67.3 Å². The Labute approximate surface area is 322 Å². The molecule has 4 saturated carbocycles. The molecule has 0 radical (unpaired) electrons. The largest absolute Gasteiger partial charge is 1.00 e. The topological polar surface area (TPSA) is 129 Å². The van der Waals surface area contributed by atoms with Gasteiger partial charge in [-0.3, -0.25) is 60.9 Å². The molecule has 0 aromatic heterocycles. The maximum atomic E-state index is 11.9. The van der Waals surface area contributed by atoms with Crippen molar-refractivity contribution in [1.29, 1.82) is 0 Å². The third-order valence-electron chi connectivity index (χ3n) is 8.84. The third-order valence-corrected chi connectivity index (χ3v) is 11.1. The number of thiocarbonyl (C=S) groups is 4. The second-order valence-electron chi connectivity index (χ2n) is 13.4. The SMILES string of the molecule is CC1CC1C(=S)N(C)NC(=O)CC(=O)NN(C)C(=S)C1CC1C.CC1CC1C(=S)N(C)NC(=O)CC(=O)NN(C)C(=S)C1CC1C.[Na+]. The molecular weight excluding hydrogens is 688 g/mol. The molecule has 0 aliphatic heterocycles. The van der Waals surface area contributed by atoms with Crippen molar-refractivity contribution in [3.8, 4) is 0 Å². The summed E-state index contributed by atoms with van der Waals surface area (Å²) in [4.78, 5) is 50.5. The molecule has 4 N–H and O–H groups in total. The van der Waals surface area contributed by atoms with Crippen LogP contribution in [0.15, 0.2) is 0 Å². The maximum Gasteiger partial charge on any atom is 1.00 e. The van der Waals surface area contributed by atoms with Gasteiger partial charge < -0.3 is 0 Å². The minimum Gasteiger partial charge on any atom is -0.282 e. The first kappa shape index (κ1) is 41.6. The average Bonchev–Trinajstić information content (AvgIpc) is 3.79. The standard InChI is InChI=1S/2C15H24N4O2S2.Na/c2*1-8-5-10(8)14(22)18(3)16-12(20)7-13(21)17-19(4)15(23)11-6-9(11)2;/h2*8-11H,5-7H2,1-4H3,(H,16,20)(H,17,21);/q;;+1. The Balaban J connectivity index is 0.000000320. The van der Waals surface area contributed by atoms with E-state index in [1.807, 2.05) is 0 Å². The molecule has 4 fully saturated rings. The van der Waals surface area contributed by atoms with Crippen molar-refractivity contribution >= 4 is 92.5 Å². The van der Waals surface area contributed by atoms with E-state index in [9.17, 15) is 19.2 Å². The Morgan fingerprint density at radius 2 is 0.617 bits per heavy atom. The molecule has 4 aliphatic rings. The van der Waals surface area contributed by atoms with E-state index in [1.54, 1.807) is 48.2 Å². The van der Waals surface area contributed by atoms with E-state index in [0.717, 1.165) is 25.7 Å². The molecule has 256 valence electrons. The molecule has 47 heavy (non-hydrogen) atoms. The number of amides is 4. The molecule has 12 nitrogen and oxygen atoms in total. The van der Waals surface area contributed by atoms with Gasteiger partial charge in [-0.2, -0.15) is 0 Å². The van der Waals surface area contributed by atoms with Gasteiger partial charge in [0.15, 0.2) is 0 Å². The predicted molar refractivity (Wildman–Crippen MR) is 192 cm³/mol. The summed E-state index contributed by atoms with van der Waals surface area (Å²) < 4.78 is 0. The summed E-state index contributed by atoms with van der Waals surface area (Å²) in [5, 5.41) is 6.16. The van der Waals surface area contributed by atoms with Crippen LogP contribution >= 0.6 is 48.9 Å². The molecular formula is C30H48N8NaO4S4+. The smallest absolute Gasteiger partial charge is 0.282 e. The van der Waals surface area contributed by atoms with Gasteiger partial charge in [-0.1, -0.05) is 76.6 Å². The second-order valence-corrected chi connectivity index (χ2v) is 15.0. The number of hydrogen-bond donors (Lipinski definition) is 4. The van der Waals surface area contributed by atoms with Crippen LogP contribution in [0.4, 0.5) is 0 Å². The minimum atomic E-state index is -0.389. The van der Waals surface area contributed by atoms with E-state index in [1.165, 1.54) is 0 Å². The van der Waals surface area contributed by atoms with E-state index in [2.05, 4.69) is 49.4 Å². The van der Waals surface area contributed by atoms with Crippen LogP contribution in [0.5, 0.6) is 0 Å². The Bertz CT molecular complexity index is 1090. The van der Waals surface area contributed by atoms with Crippen LogP contribution in [-0.4, -0.2) is 91.8 Å². The summed E-state index contributed by atoms with van der Waals surface area (Å²) in [6.07, 6.45) is 3.70. The molecule has 4 rings (SSSR count). The van der Waals surface area contributed by atoms with Gasteiger partial charge in [0.25, 0.3) is 0 Å². The molecule has 8 unspecified atom stereocenters. The van der Waals surface area contributed by atoms with Crippen molar-refractivity contribution in [1.82, 2.24) is 41.7 Å². The van der Waals surface area contributed by atoms with E-state index in [4.69, 9.17) is 48.9 Å². The van der Waals surface area contributed by atoms with Crippen LogP contribution < -0.4 is 51.3 Å². The first-order valence-electron chi connectivity index (χ1n) is 15.7. The number of rotatable bonds is 8. The van der Waals surface area contributed by atoms with Gasteiger partial charge in [0.2, 0.25) is 23.6 Å². The monoisotopic (exact) mass is 735 g/mol. The van der Waals surface area contributed by atoms with E-state index < -0.39 is 0 Å². The molecule has 0 aromatic carbocycles. The van der Waals surface area contributed by atoms with Gasteiger partial charge in [-0.25, -0.2) is 0 Å². The second kappa shape index (κ2) is 17.9. The molecule has 0 aromatic rings. The van der Waals surface area contributed by atoms with Crippen molar-refractivity contribution in [3.63, 3.8) is 0 Å². The molecule has 0 spiro atoms. The molecule has 0 saturated heterocycles. The number of nitrogens with zero attached hydrogens (tertiary/aromatic N) is 4. The molecule has 0 heterocycles. The quantitative estimate of drug-likeness (QED) is 0.112. The number of hydrazine groups is 4. The number of carbonyl (C=O) groups excluding carboxylic acids is 4. The van der Waals surface area contributed by atoms with Crippen molar-refractivity contribution in [2.24, 2.45) is 47.3 Å². The first-order chi connectivity index (χ1) is 21.4. The zero-order valence-electron chi connectivity index (χ0n) is 28.9. The van der Waals surface area contributed by atoms with Crippen LogP contribution in [0, 0.1) is 47.3 Å². The fourth-order valence-corrected chi connectivity index (χ4v) is 6.57. The minimum absolute atomic E-state index is 0. The first-order valence-corrected chi connectivity index (χ1v) is 17.3. The van der Waals surface area contributed by atoms with Crippen molar-refractivity contribution in [2.45, 2.75) is 66.2 Å². The Hall–Kier alpha value is -1.56. The zero-order chi connectivity index (χ0) is 34.6. The molecule has 4 aliphatic carbocycles. The van der Waals surface area contributed by atoms with Crippen LogP contribution in [0.1, 0.15) is 66.2 Å². The Kier molecular flexibility index (Phi) is 15.9. The average molecular weight is 736 g/mol. The number of nitrogens with one attached hydrogen (secondary N) is 4. The molecule has 17 heteroatoms. The van der Waals surface area contributed by atoms with Crippen LogP contribution in [-0.2, 0) is 19.2 Å². The summed E-state index contributed by atoms with van der Waals surface area (Å²) in [6, 6.07) is 0. The molecule has 8 atom stereocenters. The van der Waals surface area contributed by atoms with Gasteiger partial charge in [0.05, 0.1) is 0 Å². The summed E-state index contributed by atoms with van der Waals surface area (Å²) in [5.74, 6) is 2.16. The molecule has 0 bridgehead atoms. The van der Waals surface area contributed by atoms with Gasteiger partial charge in [0, 0.05) is 51.9 Å².